The number of phenolic OH excluding ortho intramolecular Hbond substituents is 1. The van der Waals surface area contributed by atoms with Crippen LogP contribution in [0, 0.1) is 23.7 Å². The number of primary amides is 1. The molecule has 10 atom stereocenters. The lowest BCUT2D eigenvalue weighted by molar-refractivity contribution is -0.137. The van der Waals surface area contributed by atoms with Crippen molar-refractivity contribution in [2.75, 3.05) is 26.2 Å². The van der Waals surface area contributed by atoms with Gasteiger partial charge in [-0.25, -0.2) is 0 Å². The number of unbranched alkanes of at least 4 members (excludes halogenated alkanes) is 2. The molecular formula is C53H94N14O12. The van der Waals surface area contributed by atoms with Crippen LogP contribution in [0.4, 0.5) is 0 Å². The summed E-state index contributed by atoms with van der Waals surface area (Å²) >= 11 is 0. The average Bonchev–Trinajstić information content (AvgIpc) is 3.36. The van der Waals surface area contributed by atoms with E-state index >= 15 is 0 Å². The summed E-state index contributed by atoms with van der Waals surface area (Å²) in [7, 11) is 0. The third-order valence-electron chi connectivity index (χ3n) is 12.6. The molecule has 26 heteroatoms. The molecule has 0 saturated carbocycles. The summed E-state index contributed by atoms with van der Waals surface area (Å²) in [4.78, 5) is 127. The fourth-order valence-electron chi connectivity index (χ4n) is 8.29. The minimum absolute atomic E-state index is 0.00286. The summed E-state index contributed by atoms with van der Waals surface area (Å²) in [6, 6.07) is -4.28. The van der Waals surface area contributed by atoms with Gasteiger partial charge in [0.2, 0.25) is 53.2 Å². The monoisotopic (exact) mass is 1120 g/mol. The van der Waals surface area contributed by atoms with Gasteiger partial charge in [-0.3, -0.25) is 48.1 Å². The number of rotatable bonds is 39. The molecule has 2 unspecified atom stereocenters. The molecule has 1 rings (SSSR count). The zero-order chi connectivity index (χ0) is 59.9. The molecule has 1 aromatic carbocycles. The van der Waals surface area contributed by atoms with Gasteiger partial charge in [0.05, 0.1) is 12.7 Å². The summed E-state index contributed by atoms with van der Waals surface area (Å²) in [5.74, 6) is -8.28. The van der Waals surface area contributed by atoms with Crippen LogP contribution in [-0.4, -0.2) is 155 Å². The van der Waals surface area contributed by atoms with Crippen LogP contribution < -0.4 is 71.2 Å². The van der Waals surface area contributed by atoms with Gasteiger partial charge in [-0.1, -0.05) is 60.6 Å². The molecule has 448 valence electrons. The average molecular weight is 1120 g/mol. The molecule has 9 amide bonds. The molecule has 0 radical (unpaired) electrons. The molecular weight excluding hydrogens is 1020 g/mol. The quantitative estimate of drug-likeness (QED) is 0.0188. The van der Waals surface area contributed by atoms with Crippen molar-refractivity contribution >= 4 is 59.1 Å². The maximum atomic E-state index is 14.3. The molecule has 0 aliphatic rings. The van der Waals surface area contributed by atoms with E-state index in [-0.39, 0.29) is 87.5 Å². The van der Waals surface area contributed by atoms with E-state index in [1.165, 1.54) is 19.1 Å². The molecule has 0 aliphatic heterocycles. The second kappa shape index (κ2) is 37.3. The smallest absolute Gasteiger partial charge is 0.245 e. The van der Waals surface area contributed by atoms with E-state index in [4.69, 9.17) is 28.7 Å². The number of hydrogen-bond acceptors (Lipinski definition) is 15. The number of benzene rings is 1. The number of amides is 9. The number of aliphatic hydroxyl groups is 2. The van der Waals surface area contributed by atoms with Crippen LogP contribution in [0.3, 0.4) is 0 Å². The van der Waals surface area contributed by atoms with Crippen LogP contribution in [0.1, 0.15) is 132 Å². The third-order valence-corrected chi connectivity index (χ3v) is 12.6. The highest BCUT2D eigenvalue weighted by atomic mass is 16.3. The predicted octanol–water partition coefficient (Wildman–Crippen LogP) is -2.24. The van der Waals surface area contributed by atoms with E-state index in [0.717, 1.165) is 5.56 Å². The second-order valence-corrected chi connectivity index (χ2v) is 21.4. The van der Waals surface area contributed by atoms with Gasteiger partial charge in [0.1, 0.15) is 54.1 Å². The van der Waals surface area contributed by atoms with Crippen LogP contribution >= 0.6 is 0 Å². The van der Waals surface area contributed by atoms with E-state index < -0.39 is 120 Å². The van der Waals surface area contributed by atoms with Crippen LogP contribution in [0.5, 0.6) is 5.75 Å². The lowest BCUT2D eigenvalue weighted by Gasteiger charge is -2.29. The summed E-state index contributed by atoms with van der Waals surface area (Å²) < 4.78 is 0. The van der Waals surface area contributed by atoms with Crippen molar-refractivity contribution in [3.05, 3.63) is 29.8 Å². The largest absolute Gasteiger partial charge is 0.508 e. The number of aliphatic imine (C=N–C) groups is 1. The van der Waals surface area contributed by atoms with E-state index in [9.17, 15) is 58.5 Å². The highest BCUT2D eigenvalue weighted by molar-refractivity contribution is 5.98. The van der Waals surface area contributed by atoms with E-state index in [1.54, 1.807) is 46.8 Å². The Bertz CT molecular complexity index is 2120. The fourth-order valence-corrected chi connectivity index (χ4v) is 8.29. The van der Waals surface area contributed by atoms with Crippen LogP contribution in [0.25, 0.3) is 0 Å². The minimum Gasteiger partial charge on any atom is -0.508 e. The molecule has 0 aromatic heterocycles. The van der Waals surface area contributed by atoms with Crippen molar-refractivity contribution in [1.82, 2.24) is 42.5 Å². The van der Waals surface area contributed by atoms with Crippen molar-refractivity contribution in [2.45, 2.75) is 187 Å². The number of nitrogens with two attached hydrogens (primary N) is 5. The zero-order valence-electron chi connectivity index (χ0n) is 47.5. The van der Waals surface area contributed by atoms with Gasteiger partial charge in [0.25, 0.3) is 0 Å². The Balaban J connectivity index is 3.45. The number of nitrogens with zero attached hydrogens (tertiary/aromatic N) is 1. The Morgan fingerprint density at radius 3 is 1.24 bits per heavy atom. The molecule has 1 aromatic rings. The summed E-state index contributed by atoms with van der Waals surface area (Å²) in [5.41, 5.74) is 28.8. The molecule has 0 bridgehead atoms. The number of carbonyl (C=O) groups excluding carboxylic acids is 9. The molecule has 0 spiro atoms. The van der Waals surface area contributed by atoms with Crippen molar-refractivity contribution < 1.29 is 58.5 Å². The van der Waals surface area contributed by atoms with Gasteiger partial charge in [-0.2, -0.15) is 0 Å². The standard InChI is InChI=1S/C53H94N14O12/c1-29(2)24-39(44(56)71)63-52(79)43(33(8)69)67-51(78)42(28-68)66-48(75)37(15-10-12-22-55)62-49(76)40(25-30(3)4)65-50(77)41(26-31(5)6)64-47(74)36(14-9-11-21-54)61-46(73)38(16-13-23-59-53(57)58)60-45(72)32(7)27-34-17-19-35(70)20-18-34/h17-20,29-33,36-43,68-70H,9-16,21-28,54-55H2,1-8H3,(H2,56,71)(H,60,72)(H,61,73)(H,62,76)(H,63,79)(H,64,74)(H,65,77)(H,66,75)(H,67,78)(H4,57,58,59)/t32-,33?,36-,37-,38-,39-,40-,41-,42-,43?/m0/s1. The lowest BCUT2D eigenvalue weighted by atomic mass is 9.98. The van der Waals surface area contributed by atoms with E-state index in [1.807, 2.05) is 13.8 Å². The van der Waals surface area contributed by atoms with Crippen molar-refractivity contribution in [3.63, 3.8) is 0 Å². The number of hydrogen-bond donors (Lipinski definition) is 16. The van der Waals surface area contributed by atoms with Gasteiger partial charge in [0, 0.05) is 12.5 Å². The number of nitrogens with one attached hydrogen (secondary N) is 8. The normalized spacial score (nSPS) is 15.1. The number of guanidine groups is 1. The summed E-state index contributed by atoms with van der Waals surface area (Å²) in [6.45, 7) is 13.4. The third kappa shape index (κ3) is 28.2. The first-order valence-corrected chi connectivity index (χ1v) is 27.4. The zero-order valence-corrected chi connectivity index (χ0v) is 47.5. The van der Waals surface area contributed by atoms with Crippen molar-refractivity contribution in [3.8, 4) is 5.75 Å². The minimum atomic E-state index is -1.69. The number of carbonyl (C=O) groups is 9. The van der Waals surface area contributed by atoms with E-state index in [0.29, 0.717) is 38.6 Å². The summed E-state index contributed by atoms with van der Waals surface area (Å²) in [6.07, 6.45) is 1.26. The first kappa shape index (κ1) is 70.4. The highest BCUT2D eigenvalue weighted by Crippen LogP contribution is 2.16. The Labute approximate surface area is 464 Å². The van der Waals surface area contributed by atoms with Crippen LogP contribution in [0.15, 0.2) is 29.3 Å². The maximum Gasteiger partial charge on any atom is 0.245 e. The molecule has 0 heterocycles. The van der Waals surface area contributed by atoms with E-state index in [2.05, 4.69) is 47.5 Å². The molecule has 0 aliphatic carbocycles. The molecule has 79 heavy (non-hydrogen) atoms. The lowest BCUT2D eigenvalue weighted by Crippen LogP contribution is -2.62. The number of aromatic hydroxyl groups is 1. The first-order chi connectivity index (χ1) is 37.1. The van der Waals surface area contributed by atoms with Crippen molar-refractivity contribution in [1.29, 1.82) is 0 Å². The highest BCUT2D eigenvalue weighted by Gasteiger charge is 2.36. The maximum absolute atomic E-state index is 14.3. The van der Waals surface area contributed by atoms with Crippen molar-refractivity contribution in [2.24, 2.45) is 57.3 Å². The Hall–Kier alpha value is -6.64. The Kier molecular flexibility index (Phi) is 33.2. The molecule has 21 N–H and O–H groups in total. The van der Waals surface area contributed by atoms with Gasteiger partial charge in [-0.05, 0) is 133 Å². The van der Waals surface area contributed by atoms with Gasteiger partial charge in [-0.15, -0.1) is 0 Å². The second-order valence-electron chi connectivity index (χ2n) is 21.4. The molecule has 0 fully saturated rings. The van der Waals surface area contributed by atoms with Gasteiger partial charge in [0.15, 0.2) is 5.96 Å². The predicted molar refractivity (Wildman–Crippen MR) is 298 cm³/mol. The van der Waals surface area contributed by atoms with Gasteiger partial charge < -0.3 is 86.5 Å². The van der Waals surface area contributed by atoms with Gasteiger partial charge >= 0.3 is 0 Å². The molecule has 0 saturated heterocycles. The summed E-state index contributed by atoms with van der Waals surface area (Å²) in [5, 5.41) is 51.3. The Morgan fingerprint density at radius 1 is 0.481 bits per heavy atom. The fraction of sp³-hybridized carbons (Fsp3) is 0.698. The SMILES string of the molecule is CC(C)C[C@H](NC(=O)C(NC(=O)[C@H](CO)NC(=O)[C@H](CCCCN)NC(=O)[C@H](CC(C)C)NC(=O)[C@H](CC(C)C)NC(=O)[C@H](CCCCN)NC(=O)[C@H](CCCN=C(N)N)NC(=O)[C@@H](C)Cc1ccc(O)cc1)C(C)O)C(N)=O. The van der Waals surface area contributed by atoms with Crippen LogP contribution in [-0.2, 0) is 49.6 Å². The number of phenols is 1. The number of aliphatic hydroxyl groups excluding tert-OH is 2. The Morgan fingerprint density at radius 2 is 0.848 bits per heavy atom. The van der Waals surface area contributed by atoms with Crippen LogP contribution in [0.2, 0.25) is 0 Å². The topological polar surface area (TPSA) is 453 Å². The molecule has 26 nitrogen and oxygen atoms in total. The first-order valence-electron chi connectivity index (χ1n) is 27.4.